The lowest BCUT2D eigenvalue weighted by molar-refractivity contribution is -0.116. The maximum atomic E-state index is 12.3. The molecule has 4 rings (SSSR count). The number of carbonyl (C=O) groups is 1. The second-order valence-corrected chi connectivity index (χ2v) is 7.62. The van der Waals surface area contributed by atoms with Crippen LogP contribution in [0.3, 0.4) is 0 Å². The molecule has 0 aliphatic heterocycles. The van der Waals surface area contributed by atoms with E-state index in [0.29, 0.717) is 0 Å². The van der Waals surface area contributed by atoms with E-state index in [9.17, 15) is 4.79 Å². The first kappa shape index (κ1) is 16.7. The summed E-state index contributed by atoms with van der Waals surface area (Å²) in [6, 6.07) is 11.8. The summed E-state index contributed by atoms with van der Waals surface area (Å²) < 4.78 is 1.77. The van der Waals surface area contributed by atoms with Crippen LogP contribution in [0.5, 0.6) is 0 Å². The van der Waals surface area contributed by atoms with Gasteiger partial charge >= 0.3 is 0 Å². The van der Waals surface area contributed by atoms with Crippen LogP contribution in [-0.2, 0) is 11.3 Å². The Morgan fingerprint density at radius 2 is 2.04 bits per heavy atom. The molecule has 1 amide bonds. The van der Waals surface area contributed by atoms with Crippen LogP contribution in [0.2, 0.25) is 0 Å². The zero-order valence-electron chi connectivity index (χ0n) is 14.0. The van der Waals surface area contributed by atoms with Crippen LogP contribution in [0.25, 0.3) is 21.3 Å². The summed E-state index contributed by atoms with van der Waals surface area (Å²) in [6.07, 6.45) is 3.52. The first-order valence-corrected chi connectivity index (χ1v) is 9.82. The van der Waals surface area contributed by atoms with E-state index >= 15 is 0 Å². The number of hydrogen-bond donors (Lipinski definition) is 1. The molecular weight excluding hydrogens is 364 g/mol. The van der Waals surface area contributed by atoms with Crippen LogP contribution in [0, 0.1) is 6.92 Å². The summed E-state index contributed by atoms with van der Waals surface area (Å²) in [4.78, 5) is 22.5. The maximum Gasteiger partial charge on any atom is 0.244 e. The number of anilines is 1. The largest absolute Gasteiger partial charge is 0.327 e. The Balaban J connectivity index is 1.45. The summed E-state index contributed by atoms with van der Waals surface area (Å²) in [5.41, 5.74) is 3.61. The van der Waals surface area contributed by atoms with Crippen molar-refractivity contribution in [2.75, 3.05) is 5.32 Å². The van der Waals surface area contributed by atoms with Crippen molar-refractivity contribution in [3.8, 4) is 21.3 Å². The van der Waals surface area contributed by atoms with Crippen molar-refractivity contribution in [2.45, 2.75) is 13.5 Å². The Hall–Kier alpha value is -2.77. The molecule has 0 aliphatic rings. The predicted octanol–water partition coefficient (Wildman–Crippen LogP) is 4.68. The number of benzene rings is 1. The standard InChI is InChI=1S/C19H16N4OS2/c1-13-5-2-3-6-14(13)21-18(24)10-23-9-15(20-12-23)19-22-16(11-26-19)17-7-4-8-25-17/h2-9,11-12H,10H2,1H3,(H,21,24). The third-order valence-corrected chi connectivity index (χ3v) is 5.63. The molecule has 3 aromatic heterocycles. The first-order valence-electron chi connectivity index (χ1n) is 8.06. The molecule has 0 fully saturated rings. The van der Waals surface area contributed by atoms with Gasteiger partial charge in [0.25, 0.3) is 0 Å². The maximum absolute atomic E-state index is 12.3. The lowest BCUT2D eigenvalue weighted by atomic mass is 10.2. The molecule has 130 valence electrons. The summed E-state index contributed by atoms with van der Waals surface area (Å²) >= 11 is 3.22. The van der Waals surface area contributed by atoms with Gasteiger partial charge in [-0.1, -0.05) is 24.3 Å². The molecule has 0 saturated heterocycles. The van der Waals surface area contributed by atoms with E-state index in [4.69, 9.17) is 0 Å². The van der Waals surface area contributed by atoms with Gasteiger partial charge in [0.1, 0.15) is 17.2 Å². The Morgan fingerprint density at radius 1 is 1.15 bits per heavy atom. The lowest BCUT2D eigenvalue weighted by Crippen LogP contribution is -2.18. The van der Waals surface area contributed by atoms with Gasteiger partial charge in [0, 0.05) is 17.3 Å². The minimum Gasteiger partial charge on any atom is -0.327 e. The van der Waals surface area contributed by atoms with Crippen molar-refractivity contribution >= 4 is 34.3 Å². The number of nitrogens with one attached hydrogen (secondary N) is 1. The second kappa shape index (κ2) is 7.23. The quantitative estimate of drug-likeness (QED) is 0.547. The van der Waals surface area contributed by atoms with Crippen LogP contribution in [-0.4, -0.2) is 20.4 Å². The van der Waals surface area contributed by atoms with Crippen molar-refractivity contribution in [3.63, 3.8) is 0 Å². The minimum atomic E-state index is -0.0818. The molecule has 0 unspecified atom stereocenters. The fourth-order valence-corrected chi connectivity index (χ4v) is 4.10. The van der Waals surface area contributed by atoms with Gasteiger partial charge in [0.05, 0.1) is 16.9 Å². The van der Waals surface area contributed by atoms with E-state index in [2.05, 4.69) is 21.4 Å². The molecule has 1 N–H and O–H groups in total. The molecule has 5 nitrogen and oxygen atoms in total. The molecule has 1 aromatic carbocycles. The molecule has 0 atom stereocenters. The Morgan fingerprint density at radius 3 is 2.85 bits per heavy atom. The molecule has 3 heterocycles. The Labute approximate surface area is 159 Å². The summed E-state index contributed by atoms with van der Waals surface area (Å²) in [6.45, 7) is 2.18. The third-order valence-electron chi connectivity index (χ3n) is 3.88. The number of aryl methyl sites for hydroxylation is 1. The average Bonchev–Trinajstić information content (AvgIpc) is 3.37. The van der Waals surface area contributed by atoms with E-state index in [1.165, 1.54) is 0 Å². The zero-order chi connectivity index (χ0) is 17.9. The van der Waals surface area contributed by atoms with Gasteiger partial charge in [-0.05, 0) is 30.0 Å². The van der Waals surface area contributed by atoms with Crippen molar-refractivity contribution in [2.24, 2.45) is 0 Å². The van der Waals surface area contributed by atoms with Crippen LogP contribution in [0.4, 0.5) is 5.69 Å². The van der Waals surface area contributed by atoms with Crippen LogP contribution in [0.15, 0.2) is 59.7 Å². The molecular formula is C19H16N4OS2. The van der Waals surface area contributed by atoms with E-state index < -0.39 is 0 Å². The molecule has 0 saturated carbocycles. The second-order valence-electron chi connectivity index (χ2n) is 5.81. The van der Waals surface area contributed by atoms with Gasteiger partial charge in [-0.3, -0.25) is 4.79 Å². The molecule has 0 radical (unpaired) electrons. The van der Waals surface area contributed by atoms with Crippen LogP contribution >= 0.6 is 22.7 Å². The number of aromatic nitrogens is 3. The van der Waals surface area contributed by atoms with Crippen LogP contribution in [0.1, 0.15) is 5.56 Å². The topological polar surface area (TPSA) is 59.8 Å². The summed E-state index contributed by atoms with van der Waals surface area (Å²) in [5.74, 6) is -0.0818. The lowest BCUT2D eigenvalue weighted by Gasteiger charge is -2.08. The third kappa shape index (κ3) is 3.58. The predicted molar refractivity (Wildman–Crippen MR) is 106 cm³/mol. The molecule has 26 heavy (non-hydrogen) atoms. The van der Waals surface area contributed by atoms with Gasteiger partial charge in [0.15, 0.2) is 0 Å². The van der Waals surface area contributed by atoms with E-state index in [-0.39, 0.29) is 12.5 Å². The fraction of sp³-hybridized carbons (Fsp3) is 0.105. The molecule has 7 heteroatoms. The number of hydrogen-bond acceptors (Lipinski definition) is 5. The molecule has 0 bridgehead atoms. The van der Waals surface area contributed by atoms with Crippen LogP contribution < -0.4 is 5.32 Å². The molecule has 0 aliphatic carbocycles. The van der Waals surface area contributed by atoms with Gasteiger partial charge < -0.3 is 9.88 Å². The van der Waals surface area contributed by atoms with Gasteiger partial charge in [-0.25, -0.2) is 9.97 Å². The van der Waals surface area contributed by atoms with Crippen molar-refractivity contribution in [1.82, 2.24) is 14.5 Å². The summed E-state index contributed by atoms with van der Waals surface area (Å²) in [7, 11) is 0. The van der Waals surface area contributed by atoms with Gasteiger partial charge in [-0.15, -0.1) is 22.7 Å². The summed E-state index contributed by atoms with van der Waals surface area (Å²) in [5, 5.41) is 7.86. The highest BCUT2D eigenvalue weighted by Gasteiger charge is 2.11. The zero-order valence-corrected chi connectivity index (χ0v) is 15.7. The average molecular weight is 380 g/mol. The minimum absolute atomic E-state index is 0.0818. The number of thiophene rings is 1. The first-order chi connectivity index (χ1) is 12.7. The number of amides is 1. The molecule has 0 spiro atoms. The Kier molecular flexibility index (Phi) is 4.64. The van der Waals surface area contributed by atoms with Crippen molar-refractivity contribution in [3.05, 3.63) is 65.2 Å². The SMILES string of the molecule is Cc1ccccc1NC(=O)Cn1cnc(-c2nc(-c3cccs3)cs2)c1. The number of nitrogens with zero attached hydrogens (tertiary/aromatic N) is 3. The normalized spacial score (nSPS) is 10.8. The van der Waals surface area contributed by atoms with E-state index in [1.807, 2.05) is 54.2 Å². The highest BCUT2D eigenvalue weighted by Crippen LogP contribution is 2.30. The highest BCUT2D eigenvalue weighted by molar-refractivity contribution is 7.15. The number of carbonyl (C=O) groups excluding carboxylic acids is 1. The number of para-hydroxylation sites is 1. The van der Waals surface area contributed by atoms with Crippen molar-refractivity contribution < 1.29 is 4.79 Å². The van der Waals surface area contributed by atoms with Gasteiger partial charge in [0.2, 0.25) is 5.91 Å². The molecule has 4 aromatic rings. The fourth-order valence-electron chi connectivity index (χ4n) is 2.55. The highest BCUT2D eigenvalue weighted by atomic mass is 32.1. The number of imidazole rings is 1. The van der Waals surface area contributed by atoms with Crippen molar-refractivity contribution in [1.29, 1.82) is 0 Å². The Bertz CT molecular complexity index is 1030. The van der Waals surface area contributed by atoms with E-state index in [1.54, 1.807) is 33.6 Å². The monoisotopic (exact) mass is 380 g/mol. The smallest absolute Gasteiger partial charge is 0.244 e. The van der Waals surface area contributed by atoms with Gasteiger partial charge in [-0.2, -0.15) is 0 Å². The number of rotatable bonds is 5. The van der Waals surface area contributed by atoms with E-state index in [0.717, 1.165) is 32.5 Å². The number of thiazole rings is 1.